The number of para-hydroxylation sites is 1. The number of phenolic OH excluding ortho intramolecular Hbond substituents is 1. The van der Waals surface area contributed by atoms with Gasteiger partial charge in [0.05, 0.1) is 5.54 Å². The highest BCUT2D eigenvalue weighted by atomic mass is 16.3. The molecule has 0 saturated carbocycles. The third kappa shape index (κ3) is 3.01. The molecule has 0 aliphatic carbocycles. The molecule has 0 aliphatic heterocycles. The van der Waals surface area contributed by atoms with Gasteiger partial charge in [-0.3, -0.25) is 5.32 Å². The van der Waals surface area contributed by atoms with Gasteiger partial charge in [0, 0.05) is 11.6 Å². The molecule has 86 valence electrons. The predicted octanol–water partition coefficient (Wildman–Crippen LogP) is 2.84. The second kappa shape index (κ2) is 5.05. The Labute approximate surface area is 97.7 Å². The Morgan fingerprint density at radius 3 is 2.56 bits per heavy atom. The van der Waals surface area contributed by atoms with Crippen LogP contribution < -0.4 is 5.32 Å². The largest absolute Gasteiger partial charge is 0.508 e. The van der Waals surface area contributed by atoms with E-state index in [0.29, 0.717) is 5.75 Å². The summed E-state index contributed by atoms with van der Waals surface area (Å²) in [5.41, 5.74) is 0.525. The van der Waals surface area contributed by atoms with Crippen LogP contribution in [0, 0.1) is 12.3 Å². The van der Waals surface area contributed by atoms with E-state index in [2.05, 4.69) is 18.2 Å². The first-order chi connectivity index (χ1) is 7.50. The lowest BCUT2D eigenvalue weighted by atomic mass is 9.98. The Balaban J connectivity index is 2.93. The Morgan fingerprint density at radius 1 is 1.44 bits per heavy atom. The van der Waals surface area contributed by atoms with E-state index in [0.717, 1.165) is 12.0 Å². The Kier molecular flexibility index (Phi) is 3.98. The van der Waals surface area contributed by atoms with E-state index in [-0.39, 0.29) is 11.6 Å². The molecular formula is C14H19NO. The summed E-state index contributed by atoms with van der Waals surface area (Å²) in [5, 5.41) is 13.1. The van der Waals surface area contributed by atoms with Crippen molar-refractivity contribution < 1.29 is 5.11 Å². The van der Waals surface area contributed by atoms with Crippen LogP contribution in [-0.2, 0) is 0 Å². The van der Waals surface area contributed by atoms with Gasteiger partial charge in [-0.2, -0.15) is 0 Å². The molecule has 0 saturated heterocycles. The third-order valence-corrected chi connectivity index (χ3v) is 2.62. The SMILES string of the molecule is C#CC(C)(C)NC(CC)c1ccccc1O. The summed E-state index contributed by atoms with van der Waals surface area (Å²) < 4.78 is 0. The molecule has 16 heavy (non-hydrogen) atoms. The molecule has 0 bridgehead atoms. The van der Waals surface area contributed by atoms with Gasteiger partial charge in [-0.05, 0) is 26.3 Å². The van der Waals surface area contributed by atoms with Gasteiger partial charge in [0.1, 0.15) is 5.75 Å². The minimum atomic E-state index is -0.372. The first-order valence-electron chi connectivity index (χ1n) is 5.53. The van der Waals surface area contributed by atoms with Gasteiger partial charge in [-0.15, -0.1) is 6.42 Å². The maximum atomic E-state index is 9.79. The monoisotopic (exact) mass is 217 g/mol. The van der Waals surface area contributed by atoms with E-state index in [1.54, 1.807) is 6.07 Å². The van der Waals surface area contributed by atoms with Crippen LogP contribution in [0.3, 0.4) is 0 Å². The molecule has 0 radical (unpaired) electrons. The van der Waals surface area contributed by atoms with Crippen LogP contribution in [0.1, 0.15) is 38.8 Å². The summed E-state index contributed by atoms with van der Waals surface area (Å²) in [6.07, 6.45) is 6.33. The second-order valence-electron chi connectivity index (χ2n) is 4.43. The lowest BCUT2D eigenvalue weighted by Crippen LogP contribution is -2.40. The summed E-state index contributed by atoms with van der Waals surface area (Å²) in [7, 11) is 0. The standard InChI is InChI=1S/C14H19NO/c1-5-12(15-14(3,4)6-2)11-9-7-8-10-13(11)16/h2,7-10,12,15-16H,5H2,1,3-4H3. The molecular weight excluding hydrogens is 198 g/mol. The number of nitrogens with one attached hydrogen (secondary N) is 1. The molecule has 1 aromatic carbocycles. The van der Waals surface area contributed by atoms with E-state index in [1.807, 2.05) is 32.0 Å². The Morgan fingerprint density at radius 2 is 2.06 bits per heavy atom. The van der Waals surface area contributed by atoms with Gasteiger partial charge < -0.3 is 5.11 Å². The van der Waals surface area contributed by atoms with Crippen molar-refractivity contribution in [3.63, 3.8) is 0 Å². The zero-order valence-corrected chi connectivity index (χ0v) is 10.1. The highest BCUT2D eigenvalue weighted by Crippen LogP contribution is 2.27. The fourth-order valence-electron chi connectivity index (χ4n) is 1.66. The number of aromatic hydroxyl groups is 1. The van der Waals surface area contributed by atoms with Gasteiger partial charge >= 0.3 is 0 Å². The minimum Gasteiger partial charge on any atom is -0.508 e. The molecule has 0 aromatic heterocycles. The summed E-state index contributed by atoms with van der Waals surface area (Å²) >= 11 is 0. The summed E-state index contributed by atoms with van der Waals surface area (Å²) in [6, 6.07) is 7.43. The van der Waals surface area contributed by atoms with E-state index in [4.69, 9.17) is 6.42 Å². The molecule has 2 N–H and O–H groups in total. The predicted molar refractivity (Wildman–Crippen MR) is 67.2 cm³/mol. The second-order valence-corrected chi connectivity index (χ2v) is 4.43. The maximum absolute atomic E-state index is 9.79. The molecule has 1 aromatic rings. The quantitative estimate of drug-likeness (QED) is 0.760. The van der Waals surface area contributed by atoms with E-state index in [9.17, 15) is 5.11 Å². The number of rotatable bonds is 4. The lowest BCUT2D eigenvalue weighted by Gasteiger charge is -2.27. The van der Waals surface area contributed by atoms with Crippen molar-refractivity contribution in [1.29, 1.82) is 0 Å². The van der Waals surface area contributed by atoms with Gasteiger partial charge in [0.2, 0.25) is 0 Å². The Bertz CT molecular complexity index is 390. The lowest BCUT2D eigenvalue weighted by molar-refractivity contribution is 0.386. The summed E-state index contributed by atoms with van der Waals surface area (Å²) in [4.78, 5) is 0. The molecule has 0 aliphatic rings. The van der Waals surface area contributed by atoms with E-state index in [1.165, 1.54) is 0 Å². The van der Waals surface area contributed by atoms with Crippen LogP contribution in [0.25, 0.3) is 0 Å². The highest BCUT2D eigenvalue weighted by Gasteiger charge is 2.21. The van der Waals surface area contributed by atoms with Crippen LogP contribution in [-0.4, -0.2) is 10.6 Å². The number of phenols is 1. The number of terminal acetylenes is 1. The number of benzene rings is 1. The smallest absolute Gasteiger partial charge is 0.120 e. The van der Waals surface area contributed by atoms with Crippen LogP contribution in [0.2, 0.25) is 0 Å². The van der Waals surface area contributed by atoms with Crippen LogP contribution in [0.5, 0.6) is 5.75 Å². The number of hydrogen-bond acceptors (Lipinski definition) is 2. The molecule has 0 amide bonds. The topological polar surface area (TPSA) is 32.3 Å². The molecule has 2 nitrogen and oxygen atoms in total. The van der Waals surface area contributed by atoms with Crippen molar-refractivity contribution in [2.24, 2.45) is 0 Å². The Hall–Kier alpha value is -1.46. The molecule has 1 rings (SSSR count). The average Bonchev–Trinajstić information content (AvgIpc) is 2.27. The third-order valence-electron chi connectivity index (χ3n) is 2.62. The van der Waals surface area contributed by atoms with Crippen LogP contribution >= 0.6 is 0 Å². The molecule has 0 heterocycles. The van der Waals surface area contributed by atoms with Gasteiger partial charge in [-0.1, -0.05) is 31.0 Å². The van der Waals surface area contributed by atoms with Crippen molar-refractivity contribution in [2.75, 3.05) is 0 Å². The van der Waals surface area contributed by atoms with Gasteiger partial charge in [0.25, 0.3) is 0 Å². The van der Waals surface area contributed by atoms with Crippen molar-refractivity contribution in [3.05, 3.63) is 29.8 Å². The fourth-order valence-corrected chi connectivity index (χ4v) is 1.66. The summed E-state index contributed by atoms with van der Waals surface area (Å²) in [6.45, 7) is 5.97. The zero-order valence-electron chi connectivity index (χ0n) is 10.1. The van der Waals surface area contributed by atoms with Gasteiger partial charge in [-0.25, -0.2) is 0 Å². The zero-order chi connectivity index (χ0) is 12.2. The normalized spacial score (nSPS) is 13.1. The summed E-state index contributed by atoms with van der Waals surface area (Å²) in [5.74, 6) is 3.02. The first kappa shape index (κ1) is 12.6. The van der Waals surface area contributed by atoms with E-state index >= 15 is 0 Å². The number of hydrogen-bond donors (Lipinski definition) is 2. The molecule has 0 spiro atoms. The van der Waals surface area contributed by atoms with Crippen molar-refractivity contribution in [3.8, 4) is 18.1 Å². The first-order valence-corrected chi connectivity index (χ1v) is 5.53. The highest BCUT2D eigenvalue weighted by molar-refractivity contribution is 5.35. The molecule has 0 fully saturated rings. The van der Waals surface area contributed by atoms with Crippen molar-refractivity contribution in [2.45, 2.75) is 38.8 Å². The van der Waals surface area contributed by atoms with Crippen LogP contribution in [0.4, 0.5) is 0 Å². The molecule has 2 heteroatoms. The maximum Gasteiger partial charge on any atom is 0.120 e. The minimum absolute atomic E-state index is 0.0762. The van der Waals surface area contributed by atoms with Crippen LogP contribution in [0.15, 0.2) is 24.3 Å². The molecule has 1 atom stereocenters. The van der Waals surface area contributed by atoms with Crippen molar-refractivity contribution >= 4 is 0 Å². The van der Waals surface area contributed by atoms with E-state index < -0.39 is 0 Å². The molecule has 1 unspecified atom stereocenters. The van der Waals surface area contributed by atoms with Gasteiger partial charge in [0.15, 0.2) is 0 Å². The van der Waals surface area contributed by atoms with Crippen molar-refractivity contribution in [1.82, 2.24) is 5.32 Å². The fraction of sp³-hybridized carbons (Fsp3) is 0.429. The average molecular weight is 217 g/mol.